The van der Waals surface area contributed by atoms with E-state index >= 15 is 0 Å². The van der Waals surface area contributed by atoms with E-state index in [1.54, 1.807) is 0 Å². The maximum Gasteiger partial charge on any atom is 0.417 e. The van der Waals surface area contributed by atoms with Gasteiger partial charge in [0.15, 0.2) is 5.82 Å². The van der Waals surface area contributed by atoms with Crippen molar-refractivity contribution >= 4 is 34.9 Å². The van der Waals surface area contributed by atoms with Crippen molar-refractivity contribution in [1.29, 1.82) is 0 Å². The van der Waals surface area contributed by atoms with Crippen LogP contribution in [0.25, 0.3) is 0 Å². The standard InChI is InChI=1S/C16H10Cl2F3N5O/c17-11-5-10(16(19,20)21)7-22-12(11)8-26-4-3-14(25-26)24-15(27)9-1-2-13(18)23-6-9/h1-7H,8H2,(H,24,25,27). The third kappa shape index (κ3) is 4.75. The van der Waals surface area contributed by atoms with Gasteiger partial charge < -0.3 is 5.32 Å². The molecule has 11 heteroatoms. The molecule has 0 aliphatic carbocycles. The van der Waals surface area contributed by atoms with Crippen molar-refractivity contribution < 1.29 is 18.0 Å². The average Bonchev–Trinajstić information content (AvgIpc) is 3.03. The molecular formula is C16H10Cl2F3N5O. The van der Waals surface area contributed by atoms with Crippen LogP contribution in [0.4, 0.5) is 19.0 Å². The van der Waals surface area contributed by atoms with Crippen LogP contribution >= 0.6 is 23.2 Å². The van der Waals surface area contributed by atoms with Gasteiger partial charge in [-0.15, -0.1) is 0 Å². The molecule has 0 aliphatic rings. The molecule has 0 saturated carbocycles. The predicted octanol–water partition coefficient (Wildman–Crippen LogP) is 4.30. The summed E-state index contributed by atoms with van der Waals surface area (Å²) in [6.07, 6.45) is -0.957. The Bertz CT molecular complexity index is 973. The summed E-state index contributed by atoms with van der Waals surface area (Å²) in [7, 11) is 0. The molecule has 0 radical (unpaired) electrons. The lowest BCUT2D eigenvalue weighted by Crippen LogP contribution is -2.13. The van der Waals surface area contributed by atoms with Crippen molar-refractivity contribution in [2.75, 3.05) is 5.32 Å². The molecule has 0 atom stereocenters. The fourth-order valence-corrected chi connectivity index (χ4v) is 2.44. The molecule has 27 heavy (non-hydrogen) atoms. The molecule has 3 rings (SSSR count). The van der Waals surface area contributed by atoms with Crippen LogP contribution < -0.4 is 5.32 Å². The van der Waals surface area contributed by atoms with Crippen molar-refractivity contribution in [3.8, 4) is 0 Å². The van der Waals surface area contributed by atoms with E-state index in [4.69, 9.17) is 23.2 Å². The normalized spacial score (nSPS) is 11.4. The van der Waals surface area contributed by atoms with E-state index < -0.39 is 17.6 Å². The molecule has 1 amide bonds. The van der Waals surface area contributed by atoms with Crippen molar-refractivity contribution in [1.82, 2.24) is 19.7 Å². The first-order valence-corrected chi connectivity index (χ1v) is 8.16. The summed E-state index contributed by atoms with van der Waals surface area (Å²) >= 11 is 11.5. The highest BCUT2D eigenvalue weighted by molar-refractivity contribution is 6.31. The lowest BCUT2D eigenvalue weighted by molar-refractivity contribution is -0.137. The Hall–Kier alpha value is -2.65. The molecule has 1 N–H and O–H groups in total. The van der Waals surface area contributed by atoms with Gasteiger partial charge in [-0.05, 0) is 18.2 Å². The number of hydrogen-bond donors (Lipinski definition) is 1. The number of rotatable bonds is 4. The van der Waals surface area contributed by atoms with Crippen LogP contribution in [0.2, 0.25) is 10.2 Å². The molecular weight excluding hydrogens is 406 g/mol. The minimum absolute atomic E-state index is 0.0370. The Balaban J connectivity index is 1.69. The number of alkyl halides is 3. The molecule has 3 aromatic heterocycles. The Kier molecular flexibility index (Phi) is 5.33. The van der Waals surface area contributed by atoms with Crippen LogP contribution in [0.1, 0.15) is 21.6 Å². The molecule has 0 fully saturated rings. The summed E-state index contributed by atoms with van der Waals surface area (Å²) in [6, 6.07) is 5.32. The molecule has 0 bridgehead atoms. The average molecular weight is 416 g/mol. The number of hydrogen-bond acceptors (Lipinski definition) is 4. The lowest BCUT2D eigenvalue weighted by Gasteiger charge is -2.09. The quantitative estimate of drug-likeness (QED) is 0.644. The van der Waals surface area contributed by atoms with E-state index in [1.165, 1.54) is 35.3 Å². The van der Waals surface area contributed by atoms with E-state index in [-0.39, 0.29) is 28.2 Å². The molecule has 3 aromatic rings. The van der Waals surface area contributed by atoms with Crippen LogP contribution in [-0.2, 0) is 12.7 Å². The summed E-state index contributed by atoms with van der Waals surface area (Å²) in [5.41, 5.74) is -0.421. The van der Waals surface area contributed by atoms with Gasteiger partial charge in [0, 0.05) is 24.7 Å². The van der Waals surface area contributed by atoms with E-state index in [0.717, 1.165) is 6.07 Å². The van der Waals surface area contributed by atoms with Crippen molar-refractivity contribution in [3.63, 3.8) is 0 Å². The van der Waals surface area contributed by atoms with E-state index in [1.807, 2.05) is 0 Å². The number of nitrogens with zero attached hydrogens (tertiary/aromatic N) is 4. The SMILES string of the molecule is O=C(Nc1ccn(Cc2ncc(C(F)(F)F)cc2Cl)n1)c1ccc(Cl)nc1. The van der Waals surface area contributed by atoms with Gasteiger partial charge in [-0.1, -0.05) is 23.2 Å². The number of carbonyl (C=O) groups is 1. The molecule has 140 valence electrons. The maximum absolute atomic E-state index is 12.6. The highest BCUT2D eigenvalue weighted by atomic mass is 35.5. The molecule has 0 saturated heterocycles. The summed E-state index contributed by atoms with van der Waals surface area (Å²) in [5.74, 6) is -0.187. The summed E-state index contributed by atoms with van der Waals surface area (Å²) in [5, 5.41) is 6.82. The number of anilines is 1. The van der Waals surface area contributed by atoms with Gasteiger partial charge >= 0.3 is 6.18 Å². The summed E-state index contributed by atoms with van der Waals surface area (Å²) < 4.78 is 39.3. The number of aromatic nitrogens is 4. The van der Waals surface area contributed by atoms with Gasteiger partial charge in [-0.25, -0.2) is 4.98 Å². The number of pyridine rings is 2. The molecule has 0 spiro atoms. The first-order valence-electron chi connectivity index (χ1n) is 7.40. The second-order valence-electron chi connectivity index (χ2n) is 5.37. The first kappa shape index (κ1) is 19.1. The Labute approximate surface area is 161 Å². The first-order chi connectivity index (χ1) is 12.7. The van der Waals surface area contributed by atoms with E-state index in [2.05, 4.69) is 20.4 Å². The van der Waals surface area contributed by atoms with Crippen molar-refractivity contribution in [2.24, 2.45) is 0 Å². The summed E-state index contributed by atoms with van der Waals surface area (Å²) in [6.45, 7) is 0.0370. The van der Waals surface area contributed by atoms with Crippen LogP contribution in [0, 0.1) is 0 Å². The highest BCUT2D eigenvalue weighted by Gasteiger charge is 2.31. The second-order valence-corrected chi connectivity index (χ2v) is 6.17. The van der Waals surface area contributed by atoms with Gasteiger partial charge in [0.2, 0.25) is 0 Å². The summed E-state index contributed by atoms with van der Waals surface area (Å²) in [4.78, 5) is 19.7. The minimum atomic E-state index is -4.52. The third-order valence-electron chi connectivity index (χ3n) is 3.43. The zero-order valence-corrected chi connectivity index (χ0v) is 14.8. The number of halogens is 5. The zero-order chi connectivity index (χ0) is 19.6. The molecule has 0 aromatic carbocycles. The minimum Gasteiger partial charge on any atom is -0.305 e. The van der Waals surface area contributed by atoms with Gasteiger partial charge in [0.25, 0.3) is 5.91 Å². The van der Waals surface area contributed by atoms with Crippen LogP contribution in [0.3, 0.4) is 0 Å². The smallest absolute Gasteiger partial charge is 0.305 e. The van der Waals surface area contributed by atoms with E-state index in [9.17, 15) is 18.0 Å². The molecule has 6 nitrogen and oxygen atoms in total. The van der Waals surface area contributed by atoms with Gasteiger partial charge in [0.1, 0.15) is 5.15 Å². The fraction of sp³-hybridized carbons (Fsp3) is 0.125. The lowest BCUT2D eigenvalue weighted by atomic mass is 10.2. The van der Waals surface area contributed by atoms with E-state index in [0.29, 0.717) is 11.8 Å². The van der Waals surface area contributed by atoms with Crippen molar-refractivity contribution in [3.05, 3.63) is 69.9 Å². The van der Waals surface area contributed by atoms with Gasteiger partial charge in [-0.2, -0.15) is 18.3 Å². The largest absolute Gasteiger partial charge is 0.417 e. The molecule has 0 aliphatic heterocycles. The Morgan fingerprint density at radius 3 is 2.56 bits per heavy atom. The van der Waals surface area contributed by atoms with Gasteiger partial charge in [0.05, 0.1) is 28.4 Å². The van der Waals surface area contributed by atoms with Gasteiger partial charge in [-0.3, -0.25) is 14.5 Å². The molecule has 3 heterocycles. The highest BCUT2D eigenvalue weighted by Crippen LogP contribution is 2.31. The Morgan fingerprint density at radius 1 is 1.15 bits per heavy atom. The number of carbonyl (C=O) groups excluding carboxylic acids is 1. The predicted molar refractivity (Wildman–Crippen MR) is 92.8 cm³/mol. The third-order valence-corrected chi connectivity index (χ3v) is 3.98. The second kappa shape index (κ2) is 7.53. The fourth-order valence-electron chi connectivity index (χ4n) is 2.11. The Morgan fingerprint density at radius 2 is 1.93 bits per heavy atom. The maximum atomic E-state index is 12.6. The molecule has 0 unspecified atom stereocenters. The number of amides is 1. The van der Waals surface area contributed by atoms with Crippen molar-refractivity contribution in [2.45, 2.75) is 12.7 Å². The number of nitrogens with one attached hydrogen (secondary N) is 1. The monoisotopic (exact) mass is 415 g/mol. The topological polar surface area (TPSA) is 72.7 Å². The van der Waals surface area contributed by atoms with Crippen LogP contribution in [0.15, 0.2) is 42.9 Å². The zero-order valence-electron chi connectivity index (χ0n) is 13.3. The van der Waals surface area contributed by atoms with Crippen LogP contribution in [0.5, 0.6) is 0 Å². The van der Waals surface area contributed by atoms with Crippen LogP contribution in [-0.4, -0.2) is 25.7 Å².